The molecular weight excluding hydrogens is 264 g/mol. The fraction of sp³-hybridized carbons (Fsp3) is 0.385. The Balaban J connectivity index is 2.07. The number of thioether (sulfide) groups is 1. The lowest BCUT2D eigenvalue weighted by Crippen LogP contribution is -2.36. The van der Waals surface area contributed by atoms with E-state index in [1.54, 1.807) is 23.1 Å². The van der Waals surface area contributed by atoms with E-state index in [1.165, 1.54) is 6.07 Å². The SMILES string of the molecule is O=C(O)c1ccccc1NC(=O)N1CCCSCC1. The largest absolute Gasteiger partial charge is 0.478 e. The Labute approximate surface area is 116 Å². The first kappa shape index (κ1) is 13.7. The third-order valence-electron chi connectivity index (χ3n) is 2.91. The van der Waals surface area contributed by atoms with Gasteiger partial charge in [-0.25, -0.2) is 9.59 Å². The third-order valence-corrected chi connectivity index (χ3v) is 3.96. The van der Waals surface area contributed by atoms with Crippen molar-refractivity contribution in [1.82, 2.24) is 4.90 Å². The second-order valence-corrected chi connectivity index (χ2v) is 5.46. The minimum absolute atomic E-state index is 0.111. The lowest BCUT2D eigenvalue weighted by Gasteiger charge is -2.21. The third kappa shape index (κ3) is 3.64. The summed E-state index contributed by atoms with van der Waals surface area (Å²) in [6.45, 7) is 1.42. The van der Waals surface area contributed by atoms with Gasteiger partial charge in [-0.05, 0) is 24.3 Å². The van der Waals surface area contributed by atoms with E-state index in [9.17, 15) is 9.59 Å². The van der Waals surface area contributed by atoms with Crippen LogP contribution in [-0.4, -0.2) is 46.6 Å². The summed E-state index contributed by atoms with van der Waals surface area (Å²) in [4.78, 5) is 24.9. The Kier molecular flexibility index (Phi) is 4.68. The summed E-state index contributed by atoms with van der Waals surface area (Å²) in [7, 11) is 0. The van der Waals surface area contributed by atoms with Crippen LogP contribution in [0, 0.1) is 0 Å². The van der Waals surface area contributed by atoms with Crippen molar-refractivity contribution in [3.05, 3.63) is 29.8 Å². The van der Waals surface area contributed by atoms with Crippen molar-refractivity contribution in [2.75, 3.05) is 29.9 Å². The van der Waals surface area contributed by atoms with Gasteiger partial charge in [-0.2, -0.15) is 11.8 Å². The van der Waals surface area contributed by atoms with Crippen LogP contribution in [0.4, 0.5) is 10.5 Å². The highest BCUT2D eigenvalue weighted by molar-refractivity contribution is 7.99. The Morgan fingerprint density at radius 3 is 2.79 bits per heavy atom. The number of aromatic carboxylic acids is 1. The van der Waals surface area contributed by atoms with E-state index in [0.717, 1.165) is 17.9 Å². The molecule has 6 heteroatoms. The summed E-state index contributed by atoms with van der Waals surface area (Å²) in [5, 5.41) is 11.8. The van der Waals surface area contributed by atoms with E-state index in [1.807, 2.05) is 11.8 Å². The molecule has 0 unspecified atom stereocenters. The van der Waals surface area contributed by atoms with Crippen molar-refractivity contribution in [1.29, 1.82) is 0 Å². The van der Waals surface area contributed by atoms with Gasteiger partial charge in [-0.3, -0.25) is 0 Å². The number of carboxylic acids is 1. The molecule has 1 saturated heterocycles. The predicted octanol–water partition coefficient (Wildman–Crippen LogP) is 2.36. The number of carboxylic acid groups (broad SMARTS) is 1. The van der Waals surface area contributed by atoms with Crippen molar-refractivity contribution in [2.45, 2.75) is 6.42 Å². The molecule has 0 bridgehead atoms. The molecule has 1 fully saturated rings. The summed E-state index contributed by atoms with van der Waals surface area (Å²) in [6, 6.07) is 6.21. The highest BCUT2D eigenvalue weighted by Crippen LogP contribution is 2.17. The summed E-state index contributed by atoms with van der Waals surface area (Å²) in [5.41, 5.74) is 0.456. The molecule has 0 radical (unpaired) electrons. The molecule has 1 aromatic rings. The molecule has 1 aliphatic heterocycles. The van der Waals surface area contributed by atoms with Gasteiger partial charge in [0, 0.05) is 18.8 Å². The zero-order valence-corrected chi connectivity index (χ0v) is 11.3. The first-order chi connectivity index (χ1) is 9.18. The van der Waals surface area contributed by atoms with Gasteiger partial charge in [0.05, 0.1) is 11.3 Å². The Bertz CT molecular complexity index is 471. The average Bonchev–Trinajstić information content (AvgIpc) is 2.68. The number of benzene rings is 1. The molecule has 0 spiro atoms. The second-order valence-electron chi connectivity index (χ2n) is 4.23. The van der Waals surface area contributed by atoms with Crippen molar-refractivity contribution in [3.8, 4) is 0 Å². The maximum atomic E-state index is 12.1. The smallest absolute Gasteiger partial charge is 0.337 e. The van der Waals surface area contributed by atoms with E-state index in [2.05, 4.69) is 5.32 Å². The maximum Gasteiger partial charge on any atom is 0.337 e. The number of hydrogen-bond donors (Lipinski definition) is 2. The number of carbonyl (C=O) groups excluding carboxylic acids is 1. The van der Waals surface area contributed by atoms with Gasteiger partial charge in [0.15, 0.2) is 0 Å². The molecule has 2 amide bonds. The molecule has 2 rings (SSSR count). The molecule has 0 aliphatic carbocycles. The number of para-hydroxylation sites is 1. The fourth-order valence-electron chi connectivity index (χ4n) is 1.92. The van der Waals surface area contributed by atoms with Crippen LogP contribution in [0.15, 0.2) is 24.3 Å². The monoisotopic (exact) mass is 280 g/mol. The lowest BCUT2D eigenvalue weighted by atomic mass is 10.2. The van der Waals surface area contributed by atoms with Gasteiger partial charge in [0.1, 0.15) is 0 Å². The molecule has 0 saturated carbocycles. The summed E-state index contributed by atoms with van der Waals surface area (Å²) in [5.74, 6) is 0.950. The van der Waals surface area contributed by atoms with Gasteiger partial charge in [0.25, 0.3) is 0 Å². The quantitative estimate of drug-likeness (QED) is 0.872. The molecule has 2 N–H and O–H groups in total. The number of nitrogens with zero attached hydrogens (tertiary/aromatic N) is 1. The van der Waals surface area contributed by atoms with Crippen LogP contribution < -0.4 is 5.32 Å². The molecule has 1 aliphatic rings. The highest BCUT2D eigenvalue weighted by Gasteiger charge is 2.18. The Morgan fingerprint density at radius 1 is 1.21 bits per heavy atom. The molecular formula is C13H16N2O3S. The average molecular weight is 280 g/mol. The van der Waals surface area contributed by atoms with E-state index >= 15 is 0 Å². The number of rotatable bonds is 2. The van der Waals surface area contributed by atoms with Crippen LogP contribution in [-0.2, 0) is 0 Å². The molecule has 5 nitrogen and oxygen atoms in total. The van der Waals surface area contributed by atoms with E-state index in [0.29, 0.717) is 18.8 Å². The zero-order chi connectivity index (χ0) is 13.7. The van der Waals surface area contributed by atoms with Gasteiger partial charge in [-0.15, -0.1) is 0 Å². The minimum Gasteiger partial charge on any atom is -0.478 e. The zero-order valence-electron chi connectivity index (χ0n) is 10.5. The van der Waals surface area contributed by atoms with Crippen molar-refractivity contribution in [2.24, 2.45) is 0 Å². The molecule has 1 aromatic carbocycles. The number of urea groups is 1. The normalized spacial score (nSPS) is 15.7. The fourth-order valence-corrected chi connectivity index (χ4v) is 2.81. The van der Waals surface area contributed by atoms with Crippen LogP contribution in [0.3, 0.4) is 0 Å². The predicted molar refractivity (Wildman–Crippen MR) is 75.9 cm³/mol. The minimum atomic E-state index is -1.04. The van der Waals surface area contributed by atoms with Crippen LogP contribution in [0.2, 0.25) is 0 Å². The van der Waals surface area contributed by atoms with Gasteiger partial charge in [0.2, 0.25) is 0 Å². The van der Waals surface area contributed by atoms with Gasteiger partial charge < -0.3 is 15.3 Å². The number of anilines is 1. The first-order valence-electron chi connectivity index (χ1n) is 6.14. The summed E-state index contributed by atoms with van der Waals surface area (Å²) < 4.78 is 0. The number of nitrogens with one attached hydrogen (secondary N) is 1. The standard InChI is InChI=1S/C13H16N2O3S/c16-12(17)10-4-1-2-5-11(10)14-13(18)15-6-3-8-19-9-7-15/h1-2,4-5H,3,6-9H2,(H,14,18)(H,16,17). The second kappa shape index (κ2) is 6.47. The molecule has 0 aromatic heterocycles. The molecule has 0 atom stereocenters. The first-order valence-corrected chi connectivity index (χ1v) is 7.30. The highest BCUT2D eigenvalue weighted by atomic mass is 32.2. The molecule has 19 heavy (non-hydrogen) atoms. The van der Waals surface area contributed by atoms with E-state index in [4.69, 9.17) is 5.11 Å². The van der Waals surface area contributed by atoms with E-state index in [-0.39, 0.29) is 11.6 Å². The van der Waals surface area contributed by atoms with Crippen molar-refractivity contribution in [3.63, 3.8) is 0 Å². The van der Waals surface area contributed by atoms with Crippen LogP contribution in [0.25, 0.3) is 0 Å². The Morgan fingerprint density at radius 2 is 2.00 bits per heavy atom. The van der Waals surface area contributed by atoms with Crippen LogP contribution in [0.5, 0.6) is 0 Å². The van der Waals surface area contributed by atoms with Gasteiger partial charge >= 0.3 is 12.0 Å². The summed E-state index contributed by atoms with van der Waals surface area (Å²) >= 11 is 1.84. The molecule has 1 heterocycles. The maximum absolute atomic E-state index is 12.1. The number of carbonyl (C=O) groups is 2. The lowest BCUT2D eigenvalue weighted by molar-refractivity contribution is 0.0698. The number of amides is 2. The summed E-state index contributed by atoms with van der Waals surface area (Å²) in [6.07, 6.45) is 0.971. The van der Waals surface area contributed by atoms with Crippen LogP contribution >= 0.6 is 11.8 Å². The van der Waals surface area contributed by atoms with Crippen LogP contribution in [0.1, 0.15) is 16.8 Å². The van der Waals surface area contributed by atoms with Crippen molar-refractivity contribution < 1.29 is 14.7 Å². The topological polar surface area (TPSA) is 69.6 Å². The van der Waals surface area contributed by atoms with Gasteiger partial charge in [-0.1, -0.05) is 12.1 Å². The van der Waals surface area contributed by atoms with Crippen molar-refractivity contribution >= 4 is 29.4 Å². The molecule has 102 valence electrons. The van der Waals surface area contributed by atoms with E-state index < -0.39 is 5.97 Å². The Hall–Kier alpha value is -1.69. The number of hydrogen-bond acceptors (Lipinski definition) is 3.